The number of carbonyl (C=O) groups excluding carboxylic acids is 2. The summed E-state index contributed by atoms with van der Waals surface area (Å²) in [5.41, 5.74) is -0.363. The fraction of sp³-hybridized carbons (Fsp3) is 0.182. The minimum Gasteiger partial charge on any atom is -0.478 e. The van der Waals surface area contributed by atoms with Gasteiger partial charge in [0.1, 0.15) is 11.9 Å². The summed E-state index contributed by atoms with van der Waals surface area (Å²) in [7, 11) is 0. The fourth-order valence-corrected chi connectivity index (χ4v) is 2.28. The van der Waals surface area contributed by atoms with Gasteiger partial charge in [0.25, 0.3) is 5.24 Å². The minimum absolute atomic E-state index is 0.137. The van der Waals surface area contributed by atoms with Crippen LogP contribution >= 0.6 is 11.8 Å². The topological polar surface area (TPSA) is 95.5 Å². The molecule has 1 atom stereocenters. The number of hydrogen-bond acceptors (Lipinski definition) is 4. The first kappa shape index (κ1) is 13.3. The second kappa shape index (κ2) is 5.27. The maximum atomic E-state index is 13.5. The molecule has 0 spiro atoms. The molecule has 1 saturated heterocycles. The Hall–Kier alpha value is -2.09. The van der Waals surface area contributed by atoms with Gasteiger partial charge in [0.2, 0.25) is 5.91 Å². The van der Waals surface area contributed by atoms with Gasteiger partial charge in [-0.3, -0.25) is 9.59 Å². The normalized spacial score (nSPS) is 17.9. The second-order valence-electron chi connectivity index (χ2n) is 3.78. The largest absolute Gasteiger partial charge is 0.478 e. The molecule has 0 aromatic heterocycles. The van der Waals surface area contributed by atoms with E-state index >= 15 is 0 Å². The predicted octanol–water partition coefficient (Wildman–Crippen LogP) is 1.29. The lowest BCUT2D eigenvalue weighted by Gasteiger charge is -2.11. The molecule has 0 aliphatic carbocycles. The molecule has 8 heteroatoms. The number of amides is 2. The molecule has 1 aromatic rings. The molecule has 1 aromatic carbocycles. The number of aromatic carboxylic acids is 1. The highest BCUT2D eigenvalue weighted by molar-refractivity contribution is 8.14. The number of rotatable bonds is 3. The molecule has 0 radical (unpaired) electrons. The van der Waals surface area contributed by atoms with Gasteiger partial charge in [-0.1, -0.05) is 11.8 Å². The van der Waals surface area contributed by atoms with Gasteiger partial charge < -0.3 is 15.7 Å². The number of hydrogen-bond donors (Lipinski definition) is 3. The number of carboxylic acid groups (broad SMARTS) is 1. The van der Waals surface area contributed by atoms with Gasteiger partial charge in [0.05, 0.1) is 11.3 Å². The average molecular weight is 284 g/mol. The van der Waals surface area contributed by atoms with Crippen LogP contribution in [0.2, 0.25) is 0 Å². The van der Waals surface area contributed by atoms with Gasteiger partial charge in [0.15, 0.2) is 0 Å². The van der Waals surface area contributed by atoms with Crippen LogP contribution in [0.4, 0.5) is 14.9 Å². The standard InChI is InChI=1S/C11H9FN2O4S/c12-6-2-1-5(10(16)17)3-7(6)13-9(15)8-4-19-11(18)14-8/h1-3,8H,4H2,(H,13,15)(H,14,18)(H,16,17). The summed E-state index contributed by atoms with van der Waals surface area (Å²) >= 11 is 0.958. The summed E-state index contributed by atoms with van der Waals surface area (Å²) in [5, 5.41) is 13.1. The number of carbonyl (C=O) groups is 3. The van der Waals surface area contributed by atoms with Crippen LogP contribution in [0.15, 0.2) is 18.2 Å². The van der Waals surface area contributed by atoms with E-state index in [1.165, 1.54) is 0 Å². The van der Waals surface area contributed by atoms with Crippen molar-refractivity contribution in [3.05, 3.63) is 29.6 Å². The van der Waals surface area contributed by atoms with Crippen molar-refractivity contribution in [1.29, 1.82) is 0 Å². The Bertz CT molecular complexity index is 564. The smallest absolute Gasteiger partial charge is 0.335 e. The molecule has 2 rings (SSSR count). The maximum Gasteiger partial charge on any atom is 0.335 e. The van der Waals surface area contributed by atoms with Crippen LogP contribution in [0, 0.1) is 5.82 Å². The van der Waals surface area contributed by atoms with Gasteiger partial charge in [0, 0.05) is 5.75 Å². The van der Waals surface area contributed by atoms with Crippen LogP contribution in [-0.4, -0.2) is 34.0 Å². The number of carboxylic acids is 1. The third-order valence-electron chi connectivity index (χ3n) is 2.46. The van der Waals surface area contributed by atoms with E-state index in [1.54, 1.807) is 0 Å². The zero-order valence-corrected chi connectivity index (χ0v) is 10.3. The molecule has 1 aliphatic heterocycles. The van der Waals surface area contributed by atoms with Crippen LogP contribution in [0.25, 0.3) is 0 Å². The first-order valence-corrected chi connectivity index (χ1v) is 6.23. The predicted molar refractivity (Wildman–Crippen MR) is 66.8 cm³/mol. The van der Waals surface area contributed by atoms with Crippen LogP contribution in [0.5, 0.6) is 0 Å². The molecule has 1 aliphatic rings. The van der Waals surface area contributed by atoms with E-state index in [2.05, 4.69) is 10.6 Å². The van der Waals surface area contributed by atoms with E-state index in [0.29, 0.717) is 0 Å². The SMILES string of the molecule is O=C1NC(C(=O)Nc2cc(C(=O)O)ccc2F)CS1. The zero-order chi connectivity index (χ0) is 14.0. The molecule has 1 heterocycles. The Morgan fingerprint density at radius 3 is 2.79 bits per heavy atom. The van der Waals surface area contributed by atoms with Crippen LogP contribution in [0.3, 0.4) is 0 Å². The molecular weight excluding hydrogens is 275 g/mol. The van der Waals surface area contributed by atoms with Crippen molar-refractivity contribution in [1.82, 2.24) is 5.32 Å². The first-order valence-electron chi connectivity index (χ1n) is 5.24. The van der Waals surface area contributed by atoms with Crippen LogP contribution in [0.1, 0.15) is 10.4 Å². The Morgan fingerprint density at radius 2 is 2.21 bits per heavy atom. The summed E-state index contributed by atoms with van der Waals surface area (Å²) in [6.07, 6.45) is 0. The van der Waals surface area contributed by atoms with Gasteiger partial charge >= 0.3 is 5.97 Å². The molecule has 3 N–H and O–H groups in total. The summed E-state index contributed by atoms with van der Waals surface area (Å²) in [6.45, 7) is 0. The molecule has 1 fully saturated rings. The van der Waals surface area contributed by atoms with Crippen molar-refractivity contribution in [2.45, 2.75) is 6.04 Å². The molecule has 19 heavy (non-hydrogen) atoms. The molecule has 0 saturated carbocycles. The number of thioether (sulfide) groups is 1. The maximum absolute atomic E-state index is 13.5. The number of halogens is 1. The Labute approximate surface area is 111 Å². The Balaban J connectivity index is 2.14. The van der Waals surface area contributed by atoms with Crippen molar-refractivity contribution in [3.63, 3.8) is 0 Å². The monoisotopic (exact) mass is 284 g/mol. The summed E-state index contributed by atoms with van der Waals surface area (Å²) in [4.78, 5) is 33.4. The molecule has 1 unspecified atom stereocenters. The van der Waals surface area contributed by atoms with E-state index in [1.807, 2.05) is 0 Å². The van der Waals surface area contributed by atoms with Crippen molar-refractivity contribution >= 4 is 34.6 Å². The van der Waals surface area contributed by atoms with Gasteiger partial charge in [-0.15, -0.1) is 0 Å². The lowest BCUT2D eigenvalue weighted by molar-refractivity contribution is -0.117. The third kappa shape index (κ3) is 3.02. The van der Waals surface area contributed by atoms with Gasteiger partial charge in [-0.2, -0.15) is 0 Å². The molecule has 100 valence electrons. The van der Waals surface area contributed by atoms with E-state index in [0.717, 1.165) is 30.0 Å². The van der Waals surface area contributed by atoms with Crippen molar-refractivity contribution in [2.75, 3.05) is 11.1 Å². The van der Waals surface area contributed by atoms with Crippen molar-refractivity contribution < 1.29 is 23.9 Å². The molecular formula is C11H9FN2O4S. The number of nitrogens with one attached hydrogen (secondary N) is 2. The quantitative estimate of drug-likeness (QED) is 0.777. The zero-order valence-electron chi connectivity index (χ0n) is 9.47. The van der Waals surface area contributed by atoms with Gasteiger partial charge in [-0.25, -0.2) is 9.18 Å². The first-order chi connectivity index (χ1) is 8.97. The van der Waals surface area contributed by atoms with E-state index in [4.69, 9.17) is 5.11 Å². The van der Waals surface area contributed by atoms with Gasteiger partial charge in [-0.05, 0) is 18.2 Å². The van der Waals surface area contributed by atoms with Crippen LogP contribution in [-0.2, 0) is 4.79 Å². The third-order valence-corrected chi connectivity index (χ3v) is 3.34. The van der Waals surface area contributed by atoms with E-state index in [9.17, 15) is 18.8 Å². The van der Waals surface area contributed by atoms with E-state index < -0.39 is 23.7 Å². The van der Waals surface area contributed by atoms with Crippen molar-refractivity contribution in [3.8, 4) is 0 Å². The Morgan fingerprint density at radius 1 is 1.47 bits per heavy atom. The minimum atomic E-state index is -1.22. The number of anilines is 1. The second-order valence-corrected chi connectivity index (χ2v) is 4.78. The molecule has 6 nitrogen and oxygen atoms in total. The average Bonchev–Trinajstić information content (AvgIpc) is 2.78. The van der Waals surface area contributed by atoms with Crippen molar-refractivity contribution in [2.24, 2.45) is 0 Å². The molecule has 2 amide bonds. The highest BCUT2D eigenvalue weighted by atomic mass is 32.2. The number of benzene rings is 1. The van der Waals surface area contributed by atoms with E-state index in [-0.39, 0.29) is 22.2 Å². The summed E-state index contributed by atoms with van der Waals surface area (Å²) in [5.74, 6) is -2.29. The lowest BCUT2D eigenvalue weighted by Crippen LogP contribution is -2.38. The summed E-state index contributed by atoms with van der Waals surface area (Å²) in [6, 6.07) is 2.34. The highest BCUT2D eigenvalue weighted by Gasteiger charge is 2.28. The van der Waals surface area contributed by atoms with Crippen LogP contribution < -0.4 is 10.6 Å². The Kier molecular flexibility index (Phi) is 3.70. The highest BCUT2D eigenvalue weighted by Crippen LogP contribution is 2.19. The molecule has 0 bridgehead atoms. The lowest BCUT2D eigenvalue weighted by atomic mass is 10.2. The fourth-order valence-electron chi connectivity index (χ4n) is 1.50. The summed E-state index contributed by atoms with van der Waals surface area (Å²) < 4.78 is 13.5.